The highest BCUT2D eigenvalue weighted by atomic mass is 16.2. The Morgan fingerprint density at radius 1 is 0.833 bits per heavy atom. The van der Waals surface area contributed by atoms with Crippen LogP contribution in [0.2, 0.25) is 0 Å². The van der Waals surface area contributed by atoms with Crippen LogP contribution in [-0.4, -0.2) is 18.5 Å². The molecule has 3 amide bonds. The van der Waals surface area contributed by atoms with E-state index in [1.165, 1.54) is 5.56 Å². The molecule has 1 aliphatic rings. The number of aryl methyl sites for hydroxylation is 2. The number of urea groups is 1. The molecule has 0 saturated carbocycles. The van der Waals surface area contributed by atoms with Crippen LogP contribution in [0.15, 0.2) is 72.8 Å². The number of benzene rings is 3. The van der Waals surface area contributed by atoms with Gasteiger partial charge in [0.1, 0.15) is 0 Å². The second-order valence-electron chi connectivity index (χ2n) is 7.51. The Kier molecular flexibility index (Phi) is 5.80. The van der Waals surface area contributed by atoms with Crippen LogP contribution >= 0.6 is 0 Å². The maximum Gasteiger partial charge on any atom is 0.323 e. The van der Waals surface area contributed by atoms with Crippen molar-refractivity contribution < 1.29 is 9.59 Å². The van der Waals surface area contributed by atoms with E-state index in [4.69, 9.17) is 0 Å². The summed E-state index contributed by atoms with van der Waals surface area (Å²) in [5.74, 6) is -0.0136. The van der Waals surface area contributed by atoms with Crippen molar-refractivity contribution in [3.05, 3.63) is 89.5 Å². The van der Waals surface area contributed by atoms with E-state index >= 15 is 0 Å². The van der Waals surface area contributed by atoms with E-state index in [1.807, 2.05) is 54.3 Å². The molecule has 0 saturated heterocycles. The van der Waals surface area contributed by atoms with Crippen molar-refractivity contribution in [1.82, 2.24) is 0 Å². The van der Waals surface area contributed by atoms with Gasteiger partial charge in [-0.05, 0) is 73.7 Å². The first-order chi connectivity index (χ1) is 14.6. The SMILES string of the molecule is Cc1ccccc1NC(=O)Nc1ccc(C(=O)N2CCCCc3ccccc32)cc1. The molecule has 1 aliphatic heterocycles. The quantitative estimate of drug-likeness (QED) is 0.600. The standard InChI is InChI=1S/C25H25N3O2/c1-18-8-2-4-11-22(18)27-25(30)26-21-15-13-20(14-16-21)24(29)28-17-7-6-10-19-9-3-5-12-23(19)28/h2-5,8-9,11-16H,6-7,10,17H2,1H3,(H2,26,27,30). The van der Waals surface area contributed by atoms with Gasteiger partial charge < -0.3 is 15.5 Å². The van der Waals surface area contributed by atoms with Gasteiger partial charge in [0.15, 0.2) is 0 Å². The van der Waals surface area contributed by atoms with E-state index in [1.54, 1.807) is 24.3 Å². The molecule has 4 rings (SSSR count). The van der Waals surface area contributed by atoms with Crippen LogP contribution < -0.4 is 15.5 Å². The second kappa shape index (κ2) is 8.82. The number of hydrogen-bond acceptors (Lipinski definition) is 2. The Hall–Kier alpha value is -3.60. The van der Waals surface area contributed by atoms with Crippen molar-refractivity contribution in [1.29, 1.82) is 0 Å². The Balaban J connectivity index is 1.45. The number of amides is 3. The molecule has 0 radical (unpaired) electrons. The molecule has 0 bridgehead atoms. The summed E-state index contributed by atoms with van der Waals surface area (Å²) in [5, 5.41) is 5.65. The van der Waals surface area contributed by atoms with Crippen LogP contribution in [0.5, 0.6) is 0 Å². The third-order valence-corrected chi connectivity index (χ3v) is 5.39. The predicted molar refractivity (Wildman–Crippen MR) is 121 cm³/mol. The predicted octanol–water partition coefficient (Wildman–Crippen LogP) is 5.62. The van der Waals surface area contributed by atoms with Crippen LogP contribution in [0.3, 0.4) is 0 Å². The molecule has 0 aliphatic carbocycles. The van der Waals surface area contributed by atoms with Crippen LogP contribution in [0.4, 0.5) is 21.9 Å². The largest absolute Gasteiger partial charge is 0.323 e. The number of fused-ring (bicyclic) bond motifs is 1. The number of para-hydroxylation sites is 2. The van der Waals surface area contributed by atoms with Crippen molar-refractivity contribution in [2.45, 2.75) is 26.2 Å². The molecule has 0 unspecified atom stereocenters. The molecule has 3 aromatic rings. The van der Waals surface area contributed by atoms with Gasteiger partial charge in [-0.2, -0.15) is 0 Å². The molecular weight excluding hydrogens is 374 g/mol. The van der Waals surface area contributed by atoms with E-state index in [2.05, 4.69) is 16.7 Å². The van der Waals surface area contributed by atoms with E-state index < -0.39 is 0 Å². The van der Waals surface area contributed by atoms with Crippen LogP contribution in [0, 0.1) is 6.92 Å². The van der Waals surface area contributed by atoms with Crippen LogP contribution in [0.1, 0.15) is 34.3 Å². The number of carbonyl (C=O) groups is 2. The van der Waals surface area contributed by atoms with Gasteiger partial charge in [0.05, 0.1) is 0 Å². The molecule has 30 heavy (non-hydrogen) atoms. The first-order valence-electron chi connectivity index (χ1n) is 10.3. The van der Waals surface area contributed by atoms with Crippen molar-refractivity contribution in [2.75, 3.05) is 22.1 Å². The van der Waals surface area contributed by atoms with Crippen molar-refractivity contribution >= 4 is 29.0 Å². The van der Waals surface area contributed by atoms with Crippen molar-refractivity contribution in [3.8, 4) is 0 Å². The van der Waals surface area contributed by atoms with Gasteiger partial charge in [-0.1, -0.05) is 36.4 Å². The third kappa shape index (κ3) is 4.35. The molecule has 152 valence electrons. The van der Waals surface area contributed by atoms with E-state index in [-0.39, 0.29) is 11.9 Å². The average Bonchev–Trinajstić information content (AvgIpc) is 2.98. The van der Waals surface area contributed by atoms with E-state index in [9.17, 15) is 9.59 Å². The maximum atomic E-state index is 13.2. The van der Waals surface area contributed by atoms with Gasteiger partial charge in [-0.25, -0.2) is 4.79 Å². The maximum absolute atomic E-state index is 13.2. The summed E-state index contributed by atoms with van der Waals surface area (Å²) < 4.78 is 0. The lowest BCUT2D eigenvalue weighted by atomic mass is 10.1. The molecule has 0 spiro atoms. The zero-order valence-corrected chi connectivity index (χ0v) is 17.0. The summed E-state index contributed by atoms with van der Waals surface area (Å²) in [6.07, 6.45) is 3.07. The van der Waals surface area contributed by atoms with Gasteiger partial charge in [0.25, 0.3) is 5.91 Å². The minimum atomic E-state index is -0.315. The number of nitrogens with zero attached hydrogens (tertiary/aromatic N) is 1. The Labute approximate surface area is 176 Å². The first-order valence-corrected chi connectivity index (χ1v) is 10.3. The summed E-state index contributed by atoms with van der Waals surface area (Å²) in [7, 11) is 0. The molecular formula is C25H25N3O2. The van der Waals surface area contributed by atoms with E-state index in [0.717, 1.165) is 36.2 Å². The molecule has 5 heteroatoms. The first kappa shape index (κ1) is 19.7. The Morgan fingerprint density at radius 3 is 2.37 bits per heavy atom. The molecule has 1 heterocycles. The van der Waals surface area contributed by atoms with Gasteiger partial charge in [-0.15, -0.1) is 0 Å². The smallest absolute Gasteiger partial charge is 0.308 e. The fourth-order valence-corrected chi connectivity index (χ4v) is 3.75. The monoisotopic (exact) mass is 399 g/mol. The molecule has 0 aromatic heterocycles. The topological polar surface area (TPSA) is 61.4 Å². The minimum absolute atomic E-state index is 0.0136. The molecule has 3 aromatic carbocycles. The second-order valence-corrected chi connectivity index (χ2v) is 7.51. The lowest BCUT2D eigenvalue weighted by Crippen LogP contribution is -2.31. The fourth-order valence-electron chi connectivity index (χ4n) is 3.75. The lowest BCUT2D eigenvalue weighted by molar-refractivity contribution is 0.0987. The summed E-state index contributed by atoms with van der Waals surface area (Å²) in [5.41, 5.74) is 5.22. The summed E-state index contributed by atoms with van der Waals surface area (Å²) in [4.78, 5) is 27.3. The normalized spacial score (nSPS) is 13.2. The molecule has 0 atom stereocenters. The molecule has 5 nitrogen and oxygen atoms in total. The fraction of sp³-hybridized carbons (Fsp3) is 0.200. The Bertz CT molecular complexity index is 1060. The number of rotatable bonds is 3. The summed E-state index contributed by atoms with van der Waals surface area (Å²) in [6, 6.07) is 22.4. The van der Waals surface area contributed by atoms with Gasteiger partial charge >= 0.3 is 6.03 Å². The number of hydrogen-bond donors (Lipinski definition) is 2. The van der Waals surface area contributed by atoms with Crippen LogP contribution in [-0.2, 0) is 6.42 Å². The molecule has 2 N–H and O–H groups in total. The highest BCUT2D eigenvalue weighted by Gasteiger charge is 2.22. The number of anilines is 3. The Morgan fingerprint density at radius 2 is 1.57 bits per heavy atom. The van der Waals surface area contributed by atoms with Crippen molar-refractivity contribution in [2.24, 2.45) is 0 Å². The average molecular weight is 399 g/mol. The zero-order valence-electron chi connectivity index (χ0n) is 17.0. The summed E-state index contributed by atoms with van der Waals surface area (Å²) in [6.45, 7) is 2.66. The third-order valence-electron chi connectivity index (χ3n) is 5.39. The highest BCUT2D eigenvalue weighted by Crippen LogP contribution is 2.27. The minimum Gasteiger partial charge on any atom is -0.308 e. The van der Waals surface area contributed by atoms with Gasteiger partial charge in [0.2, 0.25) is 0 Å². The highest BCUT2D eigenvalue weighted by molar-refractivity contribution is 6.07. The lowest BCUT2D eigenvalue weighted by Gasteiger charge is -2.23. The van der Waals surface area contributed by atoms with Gasteiger partial charge in [0, 0.05) is 29.2 Å². The van der Waals surface area contributed by atoms with Crippen molar-refractivity contribution in [3.63, 3.8) is 0 Å². The molecule has 0 fully saturated rings. The van der Waals surface area contributed by atoms with Gasteiger partial charge in [-0.3, -0.25) is 4.79 Å². The summed E-state index contributed by atoms with van der Waals surface area (Å²) >= 11 is 0. The van der Waals surface area contributed by atoms with E-state index in [0.29, 0.717) is 17.8 Å². The number of nitrogens with one attached hydrogen (secondary N) is 2. The zero-order chi connectivity index (χ0) is 20.9. The number of carbonyl (C=O) groups excluding carboxylic acids is 2. The van der Waals surface area contributed by atoms with Crippen LogP contribution in [0.25, 0.3) is 0 Å².